The van der Waals surface area contributed by atoms with Gasteiger partial charge in [-0.1, -0.05) is 18.2 Å². The molecule has 0 saturated carbocycles. The van der Waals surface area contributed by atoms with Crippen molar-refractivity contribution in [1.82, 2.24) is 14.9 Å². The summed E-state index contributed by atoms with van der Waals surface area (Å²) in [4.78, 5) is 4.45. The van der Waals surface area contributed by atoms with Gasteiger partial charge in [-0.05, 0) is 35.9 Å². The molecule has 3 nitrogen and oxygen atoms in total. The van der Waals surface area contributed by atoms with Crippen molar-refractivity contribution in [2.45, 2.75) is 12.5 Å². The second-order valence-electron chi connectivity index (χ2n) is 4.77. The highest BCUT2D eigenvalue weighted by molar-refractivity contribution is 7.17. The molecule has 0 aliphatic heterocycles. The molecule has 1 N–H and O–H groups in total. The van der Waals surface area contributed by atoms with Crippen LogP contribution in [-0.2, 0) is 13.5 Å². The van der Waals surface area contributed by atoms with Gasteiger partial charge in [-0.25, -0.2) is 4.98 Å². The maximum atomic E-state index is 4.45. The Bertz CT molecular complexity index is 683. The Hall–Kier alpha value is -1.65. The maximum absolute atomic E-state index is 4.45. The number of hydrogen-bond acceptors (Lipinski definition) is 3. The number of likely N-dealkylation sites (N-methyl/N-ethyl adjacent to an activating group) is 1. The molecule has 0 saturated heterocycles. The largest absolute Gasteiger partial charge is 0.340 e. The third kappa shape index (κ3) is 2.41. The van der Waals surface area contributed by atoms with Crippen LogP contribution in [-0.4, -0.2) is 16.6 Å². The first kappa shape index (κ1) is 12.4. The first-order valence-corrected chi connectivity index (χ1v) is 7.26. The molecule has 0 bridgehead atoms. The molecule has 4 heteroatoms. The second kappa shape index (κ2) is 5.15. The van der Waals surface area contributed by atoms with Gasteiger partial charge in [-0.2, -0.15) is 0 Å². The Balaban J connectivity index is 1.90. The van der Waals surface area contributed by atoms with Gasteiger partial charge in [0.1, 0.15) is 0 Å². The van der Waals surface area contributed by atoms with Gasteiger partial charge in [-0.3, -0.25) is 0 Å². The molecule has 98 valence electrons. The van der Waals surface area contributed by atoms with Crippen LogP contribution in [0.4, 0.5) is 0 Å². The zero-order valence-electron chi connectivity index (χ0n) is 11.1. The molecule has 19 heavy (non-hydrogen) atoms. The average Bonchev–Trinajstić information content (AvgIpc) is 3.03. The third-order valence-electron chi connectivity index (χ3n) is 3.42. The molecule has 2 aromatic heterocycles. The fourth-order valence-electron chi connectivity index (χ4n) is 2.38. The Morgan fingerprint density at radius 1 is 1.37 bits per heavy atom. The highest BCUT2D eigenvalue weighted by Gasteiger charge is 2.15. The number of benzene rings is 1. The summed E-state index contributed by atoms with van der Waals surface area (Å²) >= 11 is 1.81. The first-order chi connectivity index (χ1) is 9.28. The van der Waals surface area contributed by atoms with Crippen LogP contribution in [0.1, 0.15) is 17.3 Å². The van der Waals surface area contributed by atoms with Gasteiger partial charge in [0.05, 0.1) is 18.1 Å². The summed E-state index contributed by atoms with van der Waals surface area (Å²) in [6.07, 6.45) is 4.90. The summed E-state index contributed by atoms with van der Waals surface area (Å²) in [5.41, 5.74) is 2.49. The van der Waals surface area contributed by atoms with Crippen LogP contribution in [0, 0.1) is 0 Å². The number of hydrogen-bond donors (Lipinski definition) is 1. The summed E-state index contributed by atoms with van der Waals surface area (Å²) in [7, 11) is 4.00. The summed E-state index contributed by atoms with van der Waals surface area (Å²) in [6, 6.07) is 8.84. The standard InChI is InChI=1S/C15H17N3S/c1-16-13(14-8-18(2)10-17-14)7-11-9-19-15-6-4-3-5-12(11)15/h3-6,8-10,13,16H,7H2,1-2H3. The second-order valence-corrected chi connectivity index (χ2v) is 5.68. The smallest absolute Gasteiger partial charge is 0.0947 e. The van der Waals surface area contributed by atoms with E-state index in [2.05, 4.69) is 46.1 Å². The predicted octanol–water partition coefficient (Wildman–Crippen LogP) is 3.14. The van der Waals surface area contributed by atoms with Crippen molar-refractivity contribution in [2.75, 3.05) is 7.05 Å². The third-order valence-corrected chi connectivity index (χ3v) is 4.43. The van der Waals surface area contributed by atoms with Gasteiger partial charge >= 0.3 is 0 Å². The molecule has 1 atom stereocenters. The Kier molecular flexibility index (Phi) is 3.36. The lowest BCUT2D eigenvalue weighted by Crippen LogP contribution is -2.19. The number of nitrogens with zero attached hydrogens (tertiary/aromatic N) is 2. The minimum absolute atomic E-state index is 0.263. The molecular formula is C15H17N3S. The highest BCUT2D eigenvalue weighted by atomic mass is 32.1. The van der Waals surface area contributed by atoms with E-state index in [9.17, 15) is 0 Å². The van der Waals surface area contributed by atoms with E-state index in [-0.39, 0.29) is 6.04 Å². The molecule has 0 spiro atoms. The van der Waals surface area contributed by atoms with Crippen molar-refractivity contribution < 1.29 is 0 Å². The molecule has 3 rings (SSSR count). The highest BCUT2D eigenvalue weighted by Crippen LogP contribution is 2.28. The lowest BCUT2D eigenvalue weighted by atomic mass is 10.0. The van der Waals surface area contributed by atoms with Gasteiger partial charge in [-0.15, -0.1) is 11.3 Å². The Morgan fingerprint density at radius 3 is 2.95 bits per heavy atom. The minimum Gasteiger partial charge on any atom is -0.340 e. The Morgan fingerprint density at radius 2 is 2.21 bits per heavy atom. The van der Waals surface area contributed by atoms with Gasteiger partial charge < -0.3 is 9.88 Å². The Labute approximate surface area is 116 Å². The van der Waals surface area contributed by atoms with E-state index in [1.165, 1.54) is 15.6 Å². The van der Waals surface area contributed by atoms with E-state index in [4.69, 9.17) is 0 Å². The monoisotopic (exact) mass is 271 g/mol. The SMILES string of the molecule is CNC(Cc1csc2ccccc12)c1cn(C)cn1. The summed E-state index contributed by atoms with van der Waals surface area (Å²) in [5, 5.41) is 6.99. The van der Waals surface area contributed by atoms with Crippen molar-refractivity contribution in [3.63, 3.8) is 0 Å². The molecule has 0 aliphatic rings. The van der Waals surface area contributed by atoms with E-state index in [0.29, 0.717) is 0 Å². The van der Waals surface area contributed by atoms with Crippen molar-refractivity contribution in [2.24, 2.45) is 7.05 Å². The van der Waals surface area contributed by atoms with Crippen molar-refractivity contribution in [1.29, 1.82) is 0 Å². The van der Waals surface area contributed by atoms with E-state index < -0.39 is 0 Å². The van der Waals surface area contributed by atoms with Crippen LogP contribution in [0.25, 0.3) is 10.1 Å². The summed E-state index contributed by atoms with van der Waals surface area (Å²) < 4.78 is 3.35. The lowest BCUT2D eigenvalue weighted by Gasteiger charge is -2.13. The quantitative estimate of drug-likeness (QED) is 0.790. The minimum atomic E-state index is 0.263. The molecule has 1 aromatic carbocycles. The molecule has 0 aliphatic carbocycles. The van der Waals surface area contributed by atoms with E-state index in [1.54, 1.807) is 0 Å². The predicted molar refractivity (Wildman–Crippen MR) is 80.5 cm³/mol. The van der Waals surface area contributed by atoms with Crippen LogP contribution in [0.2, 0.25) is 0 Å². The first-order valence-electron chi connectivity index (χ1n) is 6.38. The molecule has 3 aromatic rings. The number of fused-ring (bicyclic) bond motifs is 1. The molecule has 2 heterocycles. The summed E-state index contributed by atoms with van der Waals surface area (Å²) in [5.74, 6) is 0. The molecule has 0 fully saturated rings. The number of nitrogens with one attached hydrogen (secondary N) is 1. The number of aryl methyl sites for hydroxylation is 1. The zero-order chi connectivity index (χ0) is 13.2. The summed E-state index contributed by atoms with van der Waals surface area (Å²) in [6.45, 7) is 0. The molecule has 0 amide bonds. The normalized spacial score (nSPS) is 12.9. The van der Waals surface area contributed by atoms with Crippen LogP contribution < -0.4 is 5.32 Å². The van der Waals surface area contributed by atoms with Crippen LogP contribution in [0.15, 0.2) is 42.2 Å². The fraction of sp³-hybridized carbons (Fsp3) is 0.267. The number of thiophene rings is 1. The molecular weight excluding hydrogens is 254 g/mol. The van der Waals surface area contributed by atoms with Gasteiger partial charge in [0.2, 0.25) is 0 Å². The van der Waals surface area contributed by atoms with Crippen molar-refractivity contribution in [3.05, 3.63) is 53.4 Å². The average molecular weight is 271 g/mol. The number of aromatic nitrogens is 2. The van der Waals surface area contributed by atoms with Crippen molar-refractivity contribution >= 4 is 21.4 Å². The van der Waals surface area contributed by atoms with E-state index >= 15 is 0 Å². The van der Waals surface area contributed by atoms with Crippen LogP contribution in [0.3, 0.4) is 0 Å². The topological polar surface area (TPSA) is 29.9 Å². The van der Waals surface area contributed by atoms with Crippen LogP contribution >= 0.6 is 11.3 Å². The number of imidazole rings is 1. The van der Waals surface area contributed by atoms with E-state index in [0.717, 1.165) is 12.1 Å². The fourth-order valence-corrected chi connectivity index (χ4v) is 3.35. The number of rotatable bonds is 4. The molecule has 1 unspecified atom stereocenters. The van der Waals surface area contributed by atoms with Crippen LogP contribution in [0.5, 0.6) is 0 Å². The van der Waals surface area contributed by atoms with Gasteiger partial charge in [0, 0.05) is 17.9 Å². The lowest BCUT2D eigenvalue weighted by molar-refractivity contribution is 0.580. The van der Waals surface area contributed by atoms with Gasteiger partial charge in [0.25, 0.3) is 0 Å². The van der Waals surface area contributed by atoms with Gasteiger partial charge in [0.15, 0.2) is 0 Å². The zero-order valence-corrected chi connectivity index (χ0v) is 11.9. The van der Waals surface area contributed by atoms with E-state index in [1.807, 2.05) is 36.3 Å². The maximum Gasteiger partial charge on any atom is 0.0947 e. The van der Waals surface area contributed by atoms with Crippen molar-refractivity contribution in [3.8, 4) is 0 Å². The molecule has 0 radical (unpaired) electrons.